The average Bonchev–Trinajstić information content (AvgIpc) is 2.92. The molecule has 1 aromatic rings. The van der Waals surface area contributed by atoms with Crippen molar-refractivity contribution in [2.45, 2.75) is 30.4 Å². The summed E-state index contributed by atoms with van der Waals surface area (Å²) in [5.74, 6) is 0. The van der Waals surface area contributed by atoms with Crippen LogP contribution in [-0.2, 0) is 23.8 Å². The highest BCUT2D eigenvalue weighted by Gasteiger charge is 2.51. The van der Waals surface area contributed by atoms with Crippen molar-refractivity contribution in [3.63, 3.8) is 0 Å². The van der Waals surface area contributed by atoms with E-state index < -0.39 is 0 Å². The quantitative estimate of drug-likeness (QED) is 0.603. The highest BCUT2D eigenvalue weighted by molar-refractivity contribution is 5.20. The first-order chi connectivity index (χ1) is 12.2. The van der Waals surface area contributed by atoms with E-state index in [9.17, 15) is 0 Å². The van der Waals surface area contributed by atoms with Crippen LogP contribution in [-0.4, -0.2) is 71.0 Å². The zero-order chi connectivity index (χ0) is 18.2. The second-order valence-electron chi connectivity index (χ2n) is 5.98. The van der Waals surface area contributed by atoms with E-state index in [1.807, 2.05) is 35.4 Å². The Morgan fingerprint density at radius 3 is 1.88 bits per heavy atom. The number of hydrogen-bond donors (Lipinski definition) is 0. The molecule has 0 radical (unpaired) electrons. The molecule has 2 rings (SSSR count). The summed E-state index contributed by atoms with van der Waals surface area (Å²) >= 11 is 0. The largest absolute Gasteiger partial charge is 0.383 e. The number of nitrogens with zero attached hydrogens (tertiary/aromatic N) is 1. The SMILES string of the molecule is C=CC(ON1[C@@H](COC)[C@@H](OC)[C@H](OC)[C@@H]1COC)c1ccccc1. The molecule has 6 nitrogen and oxygen atoms in total. The predicted molar refractivity (Wildman–Crippen MR) is 95.2 cm³/mol. The summed E-state index contributed by atoms with van der Waals surface area (Å²) in [5.41, 5.74) is 1.03. The Morgan fingerprint density at radius 2 is 1.48 bits per heavy atom. The second kappa shape index (κ2) is 10.0. The van der Waals surface area contributed by atoms with Gasteiger partial charge in [-0.1, -0.05) is 36.4 Å². The molecule has 1 unspecified atom stereocenters. The highest BCUT2D eigenvalue weighted by atomic mass is 16.7. The Morgan fingerprint density at radius 1 is 0.960 bits per heavy atom. The smallest absolute Gasteiger partial charge is 0.122 e. The van der Waals surface area contributed by atoms with Crippen molar-refractivity contribution in [2.75, 3.05) is 41.7 Å². The van der Waals surface area contributed by atoms with Crippen molar-refractivity contribution in [1.82, 2.24) is 5.06 Å². The molecule has 1 fully saturated rings. The van der Waals surface area contributed by atoms with Gasteiger partial charge in [-0.15, -0.1) is 6.58 Å². The lowest BCUT2D eigenvalue weighted by molar-refractivity contribution is -0.238. The van der Waals surface area contributed by atoms with Gasteiger partial charge in [-0.25, -0.2) is 0 Å². The van der Waals surface area contributed by atoms with Gasteiger partial charge >= 0.3 is 0 Å². The second-order valence-corrected chi connectivity index (χ2v) is 5.98. The Kier molecular flexibility index (Phi) is 8.02. The van der Waals surface area contributed by atoms with E-state index in [2.05, 4.69) is 6.58 Å². The van der Waals surface area contributed by atoms with Crippen LogP contribution >= 0.6 is 0 Å². The third-order valence-corrected chi connectivity index (χ3v) is 4.53. The molecule has 0 aromatic heterocycles. The average molecular weight is 351 g/mol. The van der Waals surface area contributed by atoms with E-state index in [1.165, 1.54) is 0 Å². The third-order valence-electron chi connectivity index (χ3n) is 4.53. The minimum atomic E-state index is -0.284. The molecule has 0 aliphatic carbocycles. The maximum absolute atomic E-state index is 6.34. The molecule has 0 saturated carbocycles. The van der Waals surface area contributed by atoms with Crippen LogP contribution in [0.4, 0.5) is 0 Å². The zero-order valence-electron chi connectivity index (χ0n) is 15.5. The summed E-state index contributed by atoms with van der Waals surface area (Å²) in [5, 5.41) is 1.90. The van der Waals surface area contributed by atoms with Gasteiger partial charge in [0.25, 0.3) is 0 Å². The van der Waals surface area contributed by atoms with Crippen molar-refractivity contribution in [3.8, 4) is 0 Å². The number of hydrogen-bond acceptors (Lipinski definition) is 6. The van der Waals surface area contributed by atoms with Crippen LogP contribution in [0.5, 0.6) is 0 Å². The molecule has 5 atom stereocenters. The Balaban J connectivity index is 2.29. The van der Waals surface area contributed by atoms with Gasteiger partial charge in [0.15, 0.2) is 0 Å². The Bertz CT molecular complexity index is 492. The molecule has 1 aliphatic rings. The van der Waals surface area contributed by atoms with E-state index in [4.69, 9.17) is 23.8 Å². The standard InChI is InChI=1S/C19H29NO5/c1-6-17(14-10-8-7-9-11-14)25-20-15(12-21-2)18(23-4)19(24-5)16(20)13-22-3/h6-11,15-19H,1,12-13H2,2-5H3/t15-,16-,17?,18+,19+/m0/s1. The summed E-state index contributed by atoms with van der Waals surface area (Å²) in [6, 6.07) is 9.73. The van der Waals surface area contributed by atoms with Crippen LogP contribution in [0.25, 0.3) is 0 Å². The number of methoxy groups -OCH3 is 4. The molecule has 0 amide bonds. The van der Waals surface area contributed by atoms with Gasteiger partial charge in [0, 0.05) is 28.4 Å². The summed E-state index contributed by atoms with van der Waals surface area (Å²) in [4.78, 5) is 6.34. The van der Waals surface area contributed by atoms with E-state index in [1.54, 1.807) is 34.5 Å². The first-order valence-electron chi connectivity index (χ1n) is 8.37. The number of hydroxylamine groups is 2. The molecule has 1 aliphatic heterocycles. The van der Waals surface area contributed by atoms with Crippen LogP contribution < -0.4 is 0 Å². The van der Waals surface area contributed by atoms with Crippen molar-refractivity contribution in [1.29, 1.82) is 0 Å². The molecule has 140 valence electrons. The Hall–Kier alpha value is -1.28. The topological polar surface area (TPSA) is 49.4 Å². The maximum atomic E-state index is 6.34. The monoisotopic (exact) mass is 351 g/mol. The minimum absolute atomic E-state index is 0.119. The number of ether oxygens (including phenoxy) is 4. The van der Waals surface area contributed by atoms with E-state index >= 15 is 0 Å². The van der Waals surface area contributed by atoms with Crippen LogP contribution in [0.3, 0.4) is 0 Å². The zero-order valence-corrected chi connectivity index (χ0v) is 15.5. The summed E-state index contributed by atoms with van der Waals surface area (Å²) in [6.45, 7) is 4.83. The fraction of sp³-hybridized carbons (Fsp3) is 0.579. The van der Waals surface area contributed by atoms with Gasteiger partial charge in [0.2, 0.25) is 0 Å². The van der Waals surface area contributed by atoms with Crippen molar-refractivity contribution in [3.05, 3.63) is 48.6 Å². The van der Waals surface area contributed by atoms with Gasteiger partial charge in [-0.05, 0) is 5.56 Å². The molecule has 0 N–H and O–H groups in total. The normalized spacial score (nSPS) is 28.2. The first kappa shape index (κ1) is 20.0. The molecule has 0 bridgehead atoms. The molecule has 1 heterocycles. The van der Waals surface area contributed by atoms with Gasteiger partial charge in [0.05, 0.1) is 25.3 Å². The molecule has 1 aromatic carbocycles. The lowest BCUT2D eigenvalue weighted by Crippen LogP contribution is -2.44. The summed E-state index contributed by atoms with van der Waals surface area (Å²) in [6.07, 6.45) is 1.12. The molecule has 1 saturated heterocycles. The maximum Gasteiger partial charge on any atom is 0.122 e. The number of rotatable bonds is 10. The molecule has 0 spiro atoms. The van der Waals surface area contributed by atoms with E-state index in [0.29, 0.717) is 13.2 Å². The predicted octanol–water partition coefficient (Wildman–Crippen LogP) is 2.22. The fourth-order valence-electron chi connectivity index (χ4n) is 3.40. The first-order valence-corrected chi connectivity index (χ1v) is 8.37. The summed E-state index contributed by atoms with van der Waals surface area (Å²) < 4.78 is 22.2. The van der Waals surface area contributed by atoms with Crippen molar-refractivity contribution in [2.24, 2.45) is 0 Å². The minimum Gasteiger partial charge on any atom is -0.383 e. The Labute approximate surface area is 150 Å². The number of benzene rings is 1. The highest BCUT2D eigenvalue weighted by Crippen LogP contribution is 2.33. The summed E-state index contributed by atoms with van der Waals surface area (Å²) in [7, 11) is 6.68. The van der Waals surface area contributed by atoms with Gasteiger partial charge < -0.3 is 18.9 Å². The molecular formula is C19H29NO5. The molecule has 25 heavy (non-hydrogen) atoms. The van der Waals surface area contributed by atoms with E-state index in [0.717, 1.165) is 5.56 Å². The van der Waals surface area contributed by atoms with Gasteiger partial charge in [-0.2, -0.15) is 5.06 Å². The van der Waals surface area contributed by atoms with Crippen molar-refractivity contribution >= 4 is 0 Å². The fourth-order valence-corrected chi connectivity index (χ4v) is 3.40. The molecule has 6 heteroatoms. The van der Waals surface area contributed by atoms with Gasteiger partial charge in [-0.3, -0.25) is 4.84 Å². The van der Waals surface area contributed by atoms with Crippen LogP contribution in [0.1, 0.15) is 11.7 Å². The van der Waals surface area contributed by atoms with Crippen LogP contribution in [0.2, 0.25) is 0 Å². The third kappa shape index (κ3) is 4.47. The molecular weight excluding hydrogens is 322 g/mol. The lowest BCUT2D eigenvalue weighted by Gasteiger charge is -2.32. The van der Waals surface area contributed by atoms with Crippen LogP contribution in [0, 0.1) is 0 Å². The van der Waals surface area contributed by atoms with Crippen LogP contribution in [0.15, 0.2) is 43.0 Å². The van der Waals surface area contributed by atoms with E-state index in [-0.39, 0.29) is 30.4 Å². The van der Waals surface area contributed by atoms with Gasteiger partial charge in [0.1, 0.15) is 18.3 Å². The van der Waals surface area contributed by atoms with Crippen molar-refractivity contribution < 1.29 is 23.8 Å². The lowest BCUT2D eigenvalue weighted by atomic mass is 10.1.